The van der Waals surface area contributed by atoms with Gasteiger partial charge in [0.05, 0.1) is 36.3 Å². The molecule has 4 aromatic carbocycles. The number of esters is 1. The molecule has 12 heteroatoms. The Labute approximate surface area is 287 Å². The number of ether oxygens (including phenoxy) is 1. The summed E-state index contributed by atoms with van der Waals surface area (Å²) in [5, 5.41) is 17.4. The zero-order chi connectivity index (χ0) is 35.4. The molecule has 2 unspecified atom stereocenters. The van der Waals surface area contributed by atoms with Gasteiger partial charge in [-0.1, -0.05) is 60.7 Å². The number of hydrogen-bond donors (Lipinski definition) is 4. The molecule has 0 saturated carbocycles. The van der Waals surface area contributed by atoms with Crippen molar-refractivity contribution in [3.63, 3.8) is 0 Å². The number of hydrogen-bond acceptors (Lipinski definition) is 8. The number of nitrogens with one attached hydrogen (secondary N) is 3. The van der Waals surface area contributed by atoms with Crippen molar-refractivity contribution in [3.05, 3.63) is 131 Å². The highest BCUT2D eigenvalue weighted by Gasteiger charge is 2.25. The van der Waals surface area contributed by atoms with Crippen molar-refractivity contribution in [2.45, 2.75) is 39.0 Å². The van der Waals surface area contributed by atoms with E-state index in [1.165, 1.54) is 37.1 Å². The van der Waals surface area contributed by atoms with E-state index in [9.17, 15) is 27.9 Å². The van der Waals surface area contributed by atoms with Crippen molar-refractivity contribution in [1.29, 1.82) is 0 Å². The van der Waals surface area contributed by atoms with Crippen LogP contribution in [-0.2, 0) is 27.7 Å². The van der Waals surface area contributed by atoms with Crippen molar-refractivity contribution < 1.29 is 32.6 Å². The number of para-hydroxylation sites is 1. The highest BCUT2D eigenvalue weighted by atomic mass is 32.2. The molecule has 0 aliphatic carbocycles. The number of rotatable bonds is 16. The van der Waals surface area contributed by atoms with Crippen molar-refractivity contribution in [2.75, 3.05) is 35.6 Å². The topological polar surface area (TPSA) is 154 Å². The van der Waals surface area contributed by atoms with Crippen LogP contribution in [0.3, 0.4) is 0 Å². The van der Waals surface area contributed by atoms with Crippen LogP contribution < -0.4 is 20.3 Å². The second-order valence-electron chi connectivity index (χ2n) is 11.3. The molecule has 11 nitrogen and oxygen atoms in total. The lowest BCUT2D eigenvalue weighted by atomic mass is 10.00. The minimum atomic E-state index is -3.74. The number of amides is 2. The average molecular weight is 687 g/mol. The molecule has 2 amide bonds. The molecule has 258 valence electrons. The second-order valence-corrected chi connectivity index (χ2v) is 13.4. The van der Waals surface area contributed by atoms with Crippen LogP contribution in [0.15, 0.2) is 103 Å². The monoisotopic (exact) mass is 686 g/mol. The molecular formula is C37H42N4O7S. The molecular weight excluding hydrogens is 644 g/mol. The van der Waals surface area contributed by atoms with Gasteiger partial charge in [-0.05, 0) is 73.9 Å². The van der Waals surface area contributed by atoms with Crippen LogP contribution in [0.25, 0.3) is 0 Å². The molecule has 49 heavy (non-hydrogen) atoms. The first-order valence-electron chi connectivity index (χ1n) is 16.0. The molecule has 0 spiro atoms. The van der Waals surface area contributed by atoms with E-state index in [1.54, 1.807) is 30.3 Å². The molecule has 4 N–H and O–H groups in total. The van der Waals surface area contributed by atoms with Crippen molar-refractivity contribution in [3.8, 4) is 0 Å². The van der Waals surface area contributed by atoms with Crippen molar-refractivity contribution in [1.82, 2.24) is 10.6 Å². The van der Waals surface area contributed by atoms with Crippen molar-refractivity contribution >= 4 is 39.2 Å². The Morgan fingerprint density at radius 1 is 0.816 bits per heavy atom. The third-order valence-electron chi connectivity index (χ3n) is 7.83. The Balaban J connectivity index is 1.59. The average Bonchev–Trinajstić information content (AvgIpc) is 3.11. The Morgan fingerprint density at radius 3 is 2.12 bits per heavy atom. The molecule has 0 aliphatic rings. The third kappa shape index (κ3) is 10.5. The normalized spacial score (nSPS) is 12.4. The van der Waals surface area contributed by atoms with E-state index >= 15 is 0 Å². The maximum atomic E-state index is 13.9. The third-order valence-corrected chi connectivity index (χ3v) is 9.14. The molecule has 0 aliphatic heterocycles. The number of carbonyl (C=O) groups excluding carboxylic acids is 3. The van der Waals surface area contributed by atoms with E-state index in [1.807, 2.05) is 61.5 Å². The number of nitrogens with zero attached hydrogens (tertiary/aromatic N) is 1. The smallest absolute Gasteiger partial charge is 0.337 e. The summed E-state index contributed by atoms with van der Waals surface area (Å²) in [5.41, 5.74) is 2.96. The largest absolute Gasteiger partial charge is 0.465 e. The Kier molecular flexibility index (Phi) is 13.1. The number of carbonyl (C=O) groups is 3. The number of aliphatic hydroxyl groups excluding tert-OH is 1. The highest BCUT2D eigenvalue weighted by Crippen LogP contribution is 2.22. The fraction of sp³-hybridized carbons (Fsp3) is 0.270. The molecule has 2 atom stereocenters. The van der Waals surface area contributed by atoms with E-state index in [4.69, 9.17) is 4.74 Å². The number of anilines is 2. The molecule has 0 fully saturated rings. The molecule has 0 saturated heterocycles. The van der Waals surface area contributed by atoms with Crippen LogP contribution in [0.5, 0.6) is 0 Å². The summed E-state index contributed by atoms with van der Waals surface area (Å²) >= 11 is 0. The first kappa shape index (κ1) is 36.8. The zero-order valence-corrected chi connectivity index (χ0v) is 28.6. The molecule has 0 radical (unpaired) electrons. The minimum absolute atomic E-state index is 0.0432. The van der Waals surface area contributed by atoms with Crippen LogP contribution in [0.2, 0.25) is 0 Å². The SMILES string of the molecule is CCN(C(=O)c1cc(NS(=O)(=O)CC)cc(C(=O)NC(Cc2ccccc2)C(O)CNCc2cccc(C(=O)OC)c2)c1)c1ccccc1. The maximum Gasteiger partial charge on any atom is 0.337 e. The van der Waals surface area contributed by atoms with Gasteiger partial charge in [0.1, 0.15) is 0 Å². The summed E-state index contributed by atoms with van der Waals surface area (Å²) in [7, 11) is -2.42. The van der Waals surface area contributed by atoms with Crippen LogP contribution in [-0.4, -0.2) is 69.4 Å². The minimum Gasteiger partial charge on any atom is -0.465 e. The number of methoxy groups -OCH3 is 1. The lowest BCUT2D eigenvalue weighted by Gasteiger charge is -2.25. The number of aliphatic hydroxyl groups is 1. The lowest BCUT2D eigenvalue weighted by molar-refractivity contribution is 0.0600. The molecule has 4 rings (SSSR count). The number of benzene rings is 4. The Hall–Kier alpha value is -5.04. The van der Waals surface area contributed by atoms with Gasteiger partial charge in [0.2, 0.25) is 10.0 Å². The van der Waals surface area contributed by atoms with Gasteiger partial charge < -0.3 is 25.4 Å². The molecule has 0 heterocycles. The van der Waals surface area contributed by atoms with Crippen LogP contribution in [0, 0.1) is 0 Å². The molecule has 0 bridgehead atoms. The molecule has 4 aromatic rings. The van der Waals surface area contributed by atoms with Gasteiger partial charge in [-0.15, -0.1) is 0 Å². The summed E-state index contributed by atoms with van der Waals surface area (Å²) in [6.45, 7) is 4.08. The van der Waals surface area contributed by atoms with Crippen LogP contribution >= 0.6 is 0 Å². The zero-order valence-electron chi connectivity index (χ0n) is 27.8. The Bertz CT molecular complexity index is 1840. The highest BCUT2D eigenvalue weighted by molar-refractivity contribution is 7.92. The van der Waals surface area contributed by atoms with Gasteiger partial charge in [-0.25, -0.2) is 13.2 Å². The first-order chi connectivity index (χ1) is 23.5. The van der Waals surface area contributed by atoms with E-state index in [2.05, 4.69) is 15.4 Å². The van der Waals surface area contributed by atoms with Crippen molar-refractivity contribution in [2.24, 2.45) is 0 Å². The van der Waals surface area contributed by atoms with Gasteiger partial charge in [-0.3, -0.25) is 14.3 Å². The van der Waals surface area contributed by atoms with E-state index in [0.29, 0.717) is 30.8 Å². The maximum absolute atomic E-state index is 13.9. The standard InChI is InChI=1S/C37H42N4O7S/c1-4-41(32-17-10-7-11-18-32)36(44)30-21-29(22-31(23-30)40-49(46,47)5-2)35(43)39-33(20-26-13-8-6-9-14-26)34(42)25-38-24-27-15-12-16-28(19-27)37(45)48-3/h6-19,21-23,33-34,38,40,42H,4-5,20,24-25H2,1-3H3,(H,39,43). The summed E-state index contributed by atoms with van der Waals surface area (Å²) in [6.07, 6.45) is -0.761. The van der Waals surface area contributed by atoms with Crippen LogP contribution in [0.4, 0.5) is 11.4 Å². The summed E-state index contributed by atoms with van der Waals surface area (Å²) < 4.78 is 32.3. The molecule has 0 aromatic heterocycles. The van der Waals surface area contributed by atoms with Gasteiger partial charge in [0.15, 0.2) is 0 Å². The second kappa shape index (κ2) is 17.4. The lowest BCUT2D eigenvalue weighted by Crippen LogP contribution is -2.48. The first-order valence-corrected chi connectivity index (χ1v) is 17.6. The van der Waals surface area contributed by atoms with E-state index < -0.39 is 40.0 Å². The summed E-state index contributed by atoms with van der Waals surface area (Å²) in [4.78, 5) is 41.1. The fourth-order valence-electron chi connectivity index (χ4n) is 5.24. The van der Waals surface area contributed by atoms with Gasteiger partial charge >= 0.3 is 5.97 Å². The Morgan fingerprint density at radius 2 is 1.47 bits per heavy atom. The van der Waals surface area contributed by atoms with Gasteiger partial charge in [-0.2, -0.15) is 0 Å². The van der Waals surface area contributed by atoms with E-state index in [0.717, 1.165) is 11.1 Å². The van der Waals surface area contributed by atoms with Gasteiger partial charge in [0, 0.05) is 36.4 Å². The predicted molar refractivity (Wildman–Crippen MR) is 190 cm³/mol. The summed E-state index contributed by atoms with van der Waals surface area (Å²) in [6, 6.07) is 28.8. The van der Waals surface area contributed by atoms with Crippen LogP contribution in [0.1, 0.15) is 56.0 Å². The quantitative estimate of drug-likeness (QED) is 0.127. The predicted octanol–water partition coefficient (Wildman–Crippen LogP) is 4.39. The summed E-state index contributed by atoms with van der Waals surface area (Å²) in [5.74, 6) is -1.67. The van der Waals surface area contributed by atoms with E-state index in [-0.39, 0.29) is 29.1 Å². The fourth-order valence-corrected chi connectivity index (χ4v) is 5.86. The van der Waals surface area contributed by atoms with Gasteiger partial charge in [0.25, 0.3) is 11.8 Å². The number of sulfonamides is 1.